The zero-order valence-corrected chi connectivity index (χ0v) is 12.2. The average Bonchev–Trinajstić information content (AvgIpc) is 2.31. The molecule has 0 bridgehead atoms. The molecule has 0 saturated carbocycles. The van der Waals surface area contributed by atoms with Crippen molar-refractivity contribution in [2.24, 2.45) is 0 Å². The Labute approximate surface area is 114 Å². The summed E-state index contributed by atoms with van der Waals surface area (Å²) in [6, 6.07) is 0.403. The lowest BCUT2D eigenvalue weighted by Gasteiger charge is -2.20. The smallest absolute Gasteiger partial charge is 0.278 e. The molecule has 0 aliphatic rings. The molecule has 106 valence electrons. The molecule has 19 heavy (non-hydrogen) atoms. The summed E-state index contributed by atoms with van der Waals surface area (Å²) in [6.07, 6.45) is 1.57. The van der Waals surface area contributed by atoms with Crippen LogP contribution in [0.25, 0.3) is 0 Å². The Morgan fingerprint density at radius 1 is 1.47 bits per heavy atom. The van der Waals surface area contributed by atoms with Crippen molar-refractivity contribution in [3.8, 4) is 0 Å². The van der Waals surface area contributed by atoms with Crippen LogP contribution < -0.4 is 5.32 Å². The van der Waals surface area contributed by atoms with Crippen LogP contribution in [0.15, 0.2) is 6.20 Å². The highest BCUT2D eigenvalue weighted by Crippen LogP contribution is 2.23. The van der Waals surface area contributed by atoms with Gasteiger partial charge >= 0.3 is 0 Å². The molecule has 1 aromatic heterocycles. The molecule has 0 aliphatic heterocycles. The summed E-state index contributed by atoms with van der Waals surface area (Å²) in [6.45, 7) is 6.94. The van der Waals surface area contributed by atoms with Gasteiger partial charge in [-0.05, 0) is 34.9 Å². The quantitative estimate of drug-likeness (QED) is 0.626. The molecule has 1 rings (SSSR count). The molecule has 0 fully saturated rings. The maximum Gasteiger partial charge on any atom is 0.278 e. The van der Waals surface area contributed by atoms with Crippen LogP contribution in [-0.4, -0.2) is 41.5 Å². The first kappa shape index (κ1) is 15.5. The van der Waals surface area contributed by atoms with Crippen LogP contribution in [0.4, 0.5) is 5.69 Å². The standard InChI is InChI=1S/C13H22N4O2/c1-9-6-15-12(11(3)13(9)17(18)19)8-14-7-10(2)16(4)5/h6,10,14H,7-8H2,1-5H3. The molecular formula is C13H22N4O2. The van der Waals surface area contributed by atoms with Gasteiger partial charge in [0.1, 0.15) is 0 Å². The Morgan fingerprint density at radius 2 is 2.11 bits per heavy atom. The number of aryl methyl sites for hydroxylation is 1. The van der Waals surface area contributed by atoms with Gasteiger partial charge in [-0.2, -0.15) is 0 Å². The predicted molar refractivity (Wildman–Crippen MR) is 75.2 cm³/mol. The fraction of sp³-hybridized carbons (Fsp3) is 0.615. The number of aromatic nitrogens is 1. The van der Waals surface area contributed by atoms with Crippen molar-refractivity contribution < 1.29 is 4.92 Å². The van der Waals surface area contributed by atoms with Gasteiger partial charge < -0.3 is 10.2 Å². The first-order valence-corrected chi connectivity index (χ1v) is 6.31. The monoisotopic (exact) mass is 266 g/mol. The van der Waals surface area contributed by atoms with E-state index in [1.165, 1.54) is 0 Å². The van der Waals surface area contributed by atoms with Crippen LogP contribution in [0.5, 0.6) is 0 Å². The van der Waals surface area contributed by atoms with Gasteiger partial charge in [-0.25, -0.2) is 0 Å². The highest BCUT2D eigenvalue weighted by Gasteiger charge is 2.18. The summed E-state index contributed by atoms with van der Waals surface area (Å²) in [5.74, 6) is 0. The second kappa shape index (κ2) is 6.58. The fourth-order valence-electron chi connectivity index (χ4n) is 1.81. The minimum Gasteiger partial charge on any atom is -0.310 e. The van der Waals surface area contributed by atoms with E-state index in [0.29, 0.717) is 23.7 Å². The van der Waals surface area contributed by atoms with Gasteiger partial charge in [-0.3, -0.25) is 15.1 Å². The van der Waals surface area contributed by atoms with Crippen molar-refractivity contribution in [3.63, 3.8) is 0 Å². The Bertz CT molecular complexity index is 460. The van der Waals surface area contributed by atoms with Gasteiger partial charge in [0.25, 0.3) is 5.69 Å². The largest absolute Gasteiger partial charge is 0.310 e. The predicted octanol–water partition coefficient (Wildman–Crippen LogP) is 1.65. The number of nitrogens with one attached hydrogen (secondary N) is 1. The van der Waals surface area contributed by atoms with E-state index in [1.54, 1.807) is 20.0 Å². The molecule has 0 radical (unpaired) electrons. The summed E-state index contributed by atoms with van der Waals surface area (Å²) in [5, 5.41) is 14.3. The van der Waals surface area contributed by atoms with Gasteiger partial charge in [0, 0.05) is 36.5 Å². The van der Waals surface area contributed by atoms with Crippen molar-refractivity contribution >= 4 is 5.69 Å². The molecule has 0 spiro atoms. The molecule has 1 unspecified atom stereocenters. The van der Waals surface area contributed by atoms with Gasteiger partial charge in [0.05, 0.1) is 10.6 Å². The molecule has 1 aromatic rings. The third-order valence-corrected chi connectivity index (χ3v) is 3.37. The van der Waals surface area contributed by atoms with Crippen molar-refractivity contribution in [1.29, 1.82) is 0 Å². The fourth-order valence-corrected chi connectivity index (χ4v) is 1.81. The summed E-state index contributed by atoms with van der Waals surface area (Å²) < 4.78 is 0. The van der Waals surface area contributed by atoms with Crippen molar-refractivity contribution in [3.05, 3.63) is 33.1 Å². The molecule has 1 N–H and O–H groups in total. The Kier molecular flexibility index (Phi) is 5.38. The second-order valence-corrected chi connectivity index (χ2v) is 5.06. The second-order valence-electron chi connectivity index (χ2n) is 5.06. The molecule has 6 nitrogen and oxygen atoms in total. The van der Waals surface area contributed by atoms with E-state index in [0.717, 1.165) is 12.2 Å². The van der Waals surface area contributed by atoms with Crippen LogP contribution in [0.1, 0.15) is 23.7 Å². The van der Waals surface area contributed by atoms with Crippen molar-refractivity contribution in [1.82, 2.24) is 15.2 Å². The van der Waals surface area contributed by atoms with Gasteiger partial charge in [-0.15, -0.1) is 0 Å². The van der Waals surface area contributed by atoms with Crippen molar-refractivity contribution in [2.45, 2.75) is 33.4 Å². The number of likely N-dealkylation sites (N-methyl/N-ethyl adjacent to an activating group) is 1. The van der Waals surface area contributed by atoms with Crippen LogP contribution >= 0.6 is 0 Å². The highest BCUT2D eigenvalue weighted by atomic mass is 16.6. The van der Waals surface area contributed by atoms with Gasteiger partial charge in [0.2, 0.25) is 0 Å². The number of hydrogen-bond donors (Lipinski definition) is 1. The van der Waals surface area contributed by atoms with E-state index >= 15 is 0 Å². The number of nitrogens with zero attached hydrogens (tertiary/aromatic N) is 3. The van der Waals surface area contributed by atoms with E-state index in [2.05, 4.69) is 22.1 Å². The lowest BCUT2D eigenvalue weighted by molar-refractivity contribution is -0.386. The third kappa shape index (κ3) is 3.97. The third-order valence-electron chi connectivity index (χ3n) is 3.37. The van der Waals surface area contributed by atoms with E-state index < -0.39 is 0 Å². The minimum atomic E-state index is -0.335. The molecular weight excluding hydrogens is 244 g/mol. The molecule has 0 aliphatic carbocycles. The maximum atomic E-state index is 11.0. The summed E-state index contributed by atoms with van der Waals surface area (Å²) in [5.41, 5.74) is 2.17. The summed E-state index contributed by atoms with van der Waals surface area (Å²) in [7, 11) is 4.04. The zero-order valence-electron chi connectivity index (χ0n) is 12.2. The van der Waals surface area contributed by atoms with Crippen LogP contribution in [0.3, 0.4) is 0 Å². The number of hydrogen-bond acceptors (Lipinski definition) is 5. The number of pyridine rings is 1. The van der Waals surface area contributed by atoms with Crippen LogP contribution in [0.2, 0.25) is 0 Å². The highest BCUT2D eigenvalue weighted by molar-refractivity contribution is 5.47. The van der Waals surface area contributed by atoms with E-state index in [9.17, 15) is 10.1 Å². The lowest BCUT2D eigenvalue weighted by Crippen LogP contribution is -2.35. The molecule has 1 atom stereocenters. The van der Waals surface area contributed by atoms with Crippen LogP contribution in [0, 0.1) is 24.0 Å². The first-order chi connectivity index (χ1) is 8.84. The number of rotatable bonds is 6. The lowest BCUT2D eigenvalue weighted by atomic mass is 10.1. The molecule has 0 aromatic carbocycles. The Hall–Kier alpha value is -1.53. The topological polar surface area (TPSA) is 71.3 Å². The molecule has 0 saturated heterocycles. The first-order valence-electron chi connectivity index (χ1n) is 6.31. The summed E-state index contributed by atoms with van der Waals surface area (Å²) in [4.78, 5) is 17.1. The maximum absolute atomic E-state index is 11.0. The van der Waals surface area contributed by atoms with Crippen molar-refractivity contribution in [2.75, 3.05) is 20.6 Å². The van der Waals surface area contributed by atoms with Crippen LogP contribution in [-0.2, 0) is 6.54 Å². The Morgan fingerprint density at radius 3 is 2.63 bits per heavy atom. The average molecular weight is 266 g/mol. The SMILES string of the molecule is Cc1cnc(CNCC(C)N(C)C)c(C)c1[N+](=O)[O-]. The van der Waals surface area contributed by atoms with Gasteiger partial charge in [0.15, 0.2) is 0 Å². The number of nitro groups is 1. The molecule has 0 amide bonds. The molecule has 6 heteroatoms. The van der Waals surface area contributed by atoms with Gasteiger partial charge in [-0.1, -0.05) is 0 Å². The zero-order chi connectivity index (χ0) is 14.6. The molecule has 1 heterocycles. The van der Waals surface area contributed by atoms with E-state index in [1.807, 2.05) is 14.1 Å². The summed E-state index contributed by atoms with van der Waals surface area (Å²) >= 11 is 0. The minimum absolute atomic E-state index is 0.174. The Balaban J connectivity index is 2.75. The normalized spacial score (nSPS) is 12.7. The van der Waals surface area contributed by atoms with E-state index in [4.69, 9.17) is 0 Å². The van der Waals surface area contributed by atoms with E-state index in [-0.39, 0.29) is 10.6 Å².